The van der Waals surface area contributed by atoms with Crippen molar-refractivity contribution in [2.75, 3.05) is 11.9 Å². The summed E-state index contributed by atoms with van der Waals surface area (Å²) in [6.07, 6.45) is 0.0131. The van der Waals surface area contributed by atoms with Crippen LogP contribution >= 0.6 is 11.6 Å². The zero-order valence-electron chi connectivity index (χ0n) is 14.6. The van der Waals surface area contributed by atoms with Crippen LogP contribution in [-0.2, 0) is 20.7 Å². The molecule has 3 rings (SSSR count). The van der Waals surface area contributed by atoms with Crippen LogP contribution in [0.2, 0.25) is 5.02 Å². The van der Waals surface area contributed by atoms with Crippen molar-refractivity contribution in [2.45, 2.75) is 6.42 Å². The number of anilines is 1. The molecule has 0 spiro atoms. The summed E-state index contributed by atoms with van der Waals surface area (Å²) in [5.74, 6) is -1.26. The molecule has 0 saturated heterocycles. The third kappa shape index (κ3) is 4.83. The summed E-state index contributed by atoms with van der Waals surface area (Å²) in [6.45, 7) is -0.549. The van der Waals surface area contributed by atoms with Crippen molar-refractivity contribution in [3.63, 3.8) is 0 Å². The first-order chi connectivity index (χ1) is 13.4. The Morgan fingerprint density at radius 2 is 1.79 bits per heavy atom. The molecule has 0 aliphatic carbocycles. The number of fused-ring (bicyclic) bond motifs is 1. The maximum atomic E-state index is 12.0. The minimum absolute atomic E-state index is 0.0131. The van der Waals surface area contributed by atoms with Gasteiger partial charge in [-0.25, -0.2) is 0 Å². The van der Waals surface area contributed by atoms with E-state index in [1.165, 1.54) is 12.1 Å². The number of benzene rings is 3. The molecule has 0 aromatic heterocycles. The van der Waals surface area contributed by atoms with Crippen LogP contribution in [0.4, 0.5) is 11.4 Å². The normalized spacial score (nSPS) is 10.5. The summed E-state index contributed by atoms with van der Waals surface area (Å²) in [6, 6.07) is 17.2. The van der Waals surface area contributed by atoms with Gasteiger partial charge in [0.15, 0.2) is 6.61 Å². The fraction of sp³-hybridized carbons (Fsp3) is 0.100. The monoisotopic (exact) mass is 398 g/mol. The Balaban J connectivity index is 1.57. The number of nitro groups is 1. The number of nitrogens with one attached hydrogen (secondary N) is 1. The summed E-state index contributed by atoms with van der Waals surface area (Å²) >= 11 is 5.73. The molecule has 0 radical (unpaired) electrons. The Morgan fingerprint density at radius 1 is 1.04 bits per heavy atom. The second kappa shape index (κ2) is 8.49. The van der Waals surface area contributed by atoms with Gasteiger partial charge in [0.2, 0.25) is 0 Å². The molecule has 0 atom stereocenters. The molecule has 0 bridgehead atoms. The molecular weight excluding hydrogens is 384 g/mol. The summed E-state index contributed by atoms with van der Waals surface area (Å²) in [5.41, 5.74) is 0.394. The Morgan fingerprint density at radius 3 is 2.54 bits per heavy atom. The predicted octanol–water partition coefficient (Wildman–Crippen LogP) is 4.13. The molecule has 0 fully saturated rings. The highest BCUT2D eigenvalue weighted by atomic mass is 35.5. The van der Waals surface area contributed by atoms with Gasteiger partial charge in [-0.1, -0.05) is 54.1 Å². The molecule has 1 amide bonds. The Labute approximate surface area is 165 Å². The predicted molar refractivity (Wildman–Crippen MR) is 105 cm³/mol. The number of nitrogens with zero attached hydrogens (tertiary/aromatic N) is 1. The number of hydrogen-bond acceptors (Lipinski definition) is 5. The highest BCUT2D eigenvalue weighted by molar-refractivity contribution is 6.31. The first kappa shape index (κ1) is 19.3. The SMILES string of the molecule is O=C(COC(=O)Cc1ccc2ccccc2c1)Nc1ccc(Cl)cc1[N+](=O)[O-]. The maximum absolute atomic E-state index is 12.0. The lowest BCUT2D eigenvalue weighted by Crippen LogP contribution is -2.22. The Bertz CT molecular complexity index is 1070. The minimum atomic E-state index is -0.683. The summed E-state index contributed by atoms with van der Waals surface area (Å²) in [4.78, 5) is 34.3. The van der Waals surface area contributed by atoms with E-state index in [4.69, 9.17) is 16.3 Å². The number of halogens is 1. The molecular formula is C20H15ClN2O5. The van der Waals surface area contributed by atoms with Crippen LogP contribution in [0.3, 0.4) is 0 Å². The Kier molecular flexibility index (Phi) is 5.86. The third-order valence-electron chi connectivity index (χ3n) is 3.96. The van der Waals surface area contributed by atoms with E-state index < -0.39 is 23.4 Å². The first-order valence-corrected chi connectivity index (χ1v) is 8.67. The van der Waals surface area contributed by atoms with Gasteiger partial charge in [-0.3, -0.25) is 19.7 Å². The zero-order valence-corrected chi connectivity index (χ0v) is 15.3. The minimum Gasteiger partial charge on any atom is -0.455 e. The van der Waals surface area contributed by atoms with Crippen LogP contribution in [0.5, 0.6) is 0 Å². The number of ether oxygens (including phenoxy) is 1. The van der Waals surface area contributed by atoms with Gasteiger partial charge in [-0.05, 0) is 28.5 Å². The lowest BCUT2D eigenvalue weighted by Gasteiger charge is -2.08. The van der Waals surface area contributed by atoms with E-state index in [0.29, 0.717) is 0 Å². The molecule has 0 unspecified atom stereocenters. The van der Waals surface area contributed by atoms with E-state index in [-0.39, 0.29) is 22.8 Å². The second-order valence-corrected chi connectivity index (χ2v) is 6.42. The van der Waals surface area contributed by atoms with E-state index in [1.54, 1.807) is 0 Å². The Hall–Kier alpha value is -3.45. The van der Waals surface area contributed by atoms with Crippen molar-refractivity contribution in [3.05, 3.63) is 81.4 Å². The number of carbonyl (C=O) groups excluding carboxylic acids is 2. The summed E-state index contributed by atoms with van der Waals surface area (Å²) in [7, 11) is 0. The molecule has 28 heavy (non-hydrogen) atoms. The number of nitro benzene ring substituents is 1. The average molecular weight is 399 g/mol. The average Bonchev–Trinajstić information content (AvgIpc) is 2.67. The van der Waals surface area contributed by atoms with Crippen molar-refractivity contribution in [2.24, 2.45) is 0 Å². The van der Waals surface area contributed by atoms with E-state index >= 15 is 0 Å². The molecule has 3 aromatic rings. The van der Waals surface area contributed by atoms with Crippen molar-refractivity contribution in [3.8, 4) is 0 Å². The molecule has 0 aliphatic heterocycles. The molecule has 7 nitrogen and oxygen atoms in total. The quantitative estimate of drug-likeness (QED) is 0.382. The third-order valence-corrected chi connectivity index (χ3v) is 4.19. The summed E-state index contributed by atoms with van der Waals surface area (Å²) < 4.78 is 4.97. The molecule has 0 aliphatic rings. The number of esters is 1. The van der Waals surface area contributed by atoms with Gasteiger partial charge in [0.25, 0.3) is 11.6 Å². The molecule has 1 N–H and O–H groups in total. The topological polar surface area (TPSA) is 98.5 Å². The largest absolute Gasteiger partial charge is 0.455 e. The zero-order chi connectivity index (χ0) is 20.1. The fourth-order valence-electron chi connectivity index (χ4n) is 2.66. The molecule has 0 heterocycles. The molecule has 8 heteroatoms. The van der Waals surface area contributed by atoms with E-state index in [1.807, 2.05) is 42.5 Å². The number of amides is 1. The van der Waals surface area contributed by atoms with Crippen molar-refractivity contribution in [1.29, 1.82) is 0 Å². The van der Waals surface area contributed by atoms with Crippen LogP contribution in [0.1, 0.15) is 5.56 Å². The second-order valence-electron chi connectivity index (χ2n) is 5.99. The first-order valence-electron chi connectivity index (χ1n) is 8.29. The van der Waals surface area contributed by atoms with Gasteiger partial charge in [-0.2, -0.15) is 0 Å². The number of hydrogen-bond donors (Lipinski definition) is 1. The van der Waals surface area contributed by atoms with Gasteiger partial charge in [0, 0.05) is 11.1 Å². The van der Waals surface area contributed by atoms with Crippen molar-refractivity contribution >= 4 is 45.6 Å². The van der Waals surface area contributed by atoms with Crippen LogP contribution in [-0.4, -0.2) is 23.4 Å². The van der Waals surface area contributed by atoms with Crippen LogP contribution in [0.25, 0.3) is 10.8 Å². The van der Waals surface area contributed by atoms with Crippen molar-refractivity contribution < 1.29 is 19.2 Å². The highest BCUT2D eigenvalue weighted by Gasteiger charge is 2.17. The van der Waals surface area contributed by atoms with Crippen molar-refractivity contribution in [1.82, 2.24) is 0 Å². The van der Waals surface area contributed by atoms with Gasteiger partial charge < -0.3 is 10.1 Å². The van der Waals surface area contributed by atoms with Crippen LogP contribution in [0.15, 0.2) is 60.7 Å². The highest BCUT2D eigenvalue weighted by Crippen LogP contribution is 2.27. The lowest BCUT2D eigenvalue weighted by molar-refractivity contribution is -0.383. The maximum Gasteiger partial charge on any atom is 0.310 e. The molecule has 3 aromatic carbocycles. The van der Waals surface area contributed by atoms with Gasteiger partial charge in [0.05, 0.1) is 11.3 Å². The smallest absolute Gasteiger partial charge is 0.310 e. The number of rotatable bonds is 6. The van der Waals surface area contributed by atoms with Gasteiger partial charge in [0.1, 0.15) is 5.69 Å². The number of carbonyl (C=O) groups is 2. The van der Waals surface area contributed by atoms with Crippen LogP contribution < -0.4 is 5.32 Å². The van der Waals surface area contributed by atoms with E-state index in [0.717, 1.165) is 22.4 Å². The van der Waals surface area contributed by atoms with Crippen LogP contribution in [0, 0.1) is 10.1 Å². The van der Waals surface area contributed by atoms with Gasteiger partial charge >= 0.3 is 5.97 Å². The molecule has 142 valence electrons. The van der Waals surface area contributed by atoms with E-state index in [9.17, 15) is 19.7 Å². The molecule has 0 saturated carbocycles. The summed E-state index contributed by atoms with van der Waals surface area (Å²) in [5, 5.41) is 15.6. The van der Waals surface area contributed by atoms with Gasteiger partial charge in [-0.15, -0.1) is 0 Å². The van der Waals surface area contributed by atoms with E-state index in [2.05, 4.69) is 5.32 Å². The fourth-order valence-corrected chi connectivity index (χ4v) is 2.83. The standard InChI is InChI=1S/C20H15ClN2O5/c21-16-7-8-17(18(11-16)23(26)27)22-19(24)12-28-20(25)10-13-5-6-14-3-1-2-4-15(14)9-13/h1-9,11H,10,12H2,(H,22,24). The lowest BCUT2D eigenvalue weighted by atomic mass is 10.1.